The van der Waals surface area contributed by atoms with Gasteiger partial charge in [-0.2, -0.15) is 0 Å². The van der Waals surface area contributed by atoms with Crippen LogP contribution in [0.5, 0.6) is 0 Å². The number of nitrogens with one attached hydrogen (secondary N) is 1. The number of nitrogens with zero attached hydrogens (tertiary/aromatic N) is 1. The SMILES string of the molecule is CC(C)N1CCC(NC2CCCCC2CO)CC1. The number of rotatable bonds is 4. The van der Waals surface area contributed by atoms with Crippen LogP contribution in [-0.2, 0) is 0 Å². The second kappa shape index (κ2) is 6.88. The fourth-order valence-electron chi connectivity index (χ4n) is 3.53. The van der Waals surface area contributed by atoms with E-state index < -0.39 is 0 Å². The van der Waals surface area contributed by atoms with E-state index in [2.05, 4.69) is 24.1 Å². The number of piperidine rings is 1. The fraction of sp³-hybridized carbons (Fsp3) is 1.00. The van der Waals surface area contributed by atoms with Crippen molar-refractivity contribution in [3.8, 4) is 0 Å². The summed E-state index contributed by atoms with van der Waals surface area (Å²) >= 11 is 0. The predicted octanol–water partition coefficient (Wildman–Crippen LogP) is 2.00. The minimum Gasteiger partial charge on any atom is -0.396 e. The highest BCUT2D eigenvalue weighted by molar-refractivity contribution is 4.86. The van der Waals surface area contributed by atoms with Gasteiger partial charge in [0.25, 0.3) is 0 Å². The van der Waals surface area contributed by atoms with Gasteiger partial charge in [-0.25, -0.2) is 0 Å². The standard InChI is InChI=1S/C15H30N2O/c1-12(2)17-9-7-14(8-10-17)16-15-6-4-3-5-13(15)11-18/h12-16,18H,3-11H2,1-2H3. The summed E-state index contributed by atoms with van der Waals surface area (Å²) in [7, 11) is 0. The first-order chi connectivity index (χ1) is 8.70. The van der Waals surface area contributed by atoms with Gasteiger partial charge >= 0.3 is 0 Å². The number of aliphatic hydroxyl groups is 1. The molecule has 3 nitrogen and oxygen atoms in total. The minimum absolute atomic E-state index is 0.364. The molecule has 2 aliphatic rings. The summed E-state index contributed by atoms with van der Waals surface area (Å²) in [6.07, 6.45) is 7.64. The highest BCUT2D eigenvalue weighted by Gasteiger charge is 2.28. The molecular weight excluding hydrogens is 224 g/mol. The molecule has 0 aromatic rings. The van der Waals surface area contributed by atoms with E-state index in [4.69, 9.17) is 0 Å². The molecule has 1 saturated carbocycles. The van der Waals surface area contributed by atoms with Crippen LogP contribution in [0.25, 0.3) is 0 Å². The third-order valence-corrected chi connectivity index (χ3v) is 4.85. The Labute approximate surface area is 112 Å². The number of hydrogen-bond donors (Lipinski definition) is 2. The Bertz CT molecular complexity index is 237. The molecule has 0 bridgehead atoms. The van der Waals surface area contributed by atoms with Crippen molar-refractivity contribution in [2.45, 2.75) is 70.5 Å². The number of hydrogen-bond acceptors (Lipinski definition) is 3. The van der Waals surface area contributed by atoms with Gasteiger partial charge in [-0.3, -0.25) is 0 Å². The molecule has 0 amide bonds. The molecule has 1 aliphatic heterocycles. The second-order valence-corrected chi connectivity index (χ2v) is 6.40. The first kappa shape index (κ1) is 14.3. The average molecular weight is 254 g/mol. The van der Waals surface area contributed by atoms with Crippen molar-refractivity contribution >= 4 is 0 Å². The summed E-state index contributed by atoms with van der Waals surface area (Å²) in [5.41, 5.74) is 0. The summed E-state index contributed by atoms with van der Waals surface area (Å²) in [5, 5.41) is 13.3. The average Bonchev–Trinajstić information content (AvgIpc) is 2.40. The van der Waals surface area contributed by atoms with E-state index in [9.17, 15) is 5.11 Å². The Morgan fingerprint density at radius 2 is 1.78 bits per heavy atom. The third-order valence-electron chi connectivity index (χ3n) is 4.85. The topological polar surface area (TPSA) is 35.5 Å². The maximum Gasteiger partial charge on any atom is 0.0474 e. The highest BCUT2D eigenvalue weighted by atomic mass is 16.3. The van der Waals surface area contributed by atoms with E-state index in [0.29, 0.717) is 30.7 Å². The van der Waals surface area contributed by atoms with E-state index in [1.165, 1.54) is 51.6 Å². The molecule has 18 heavy (non-hydrogen) atoms. The van der Waals surface area contributed by atoms with Gasteiger partial charge in [0.15, 0.2) is 0 Å². The second-order valence-electron chi connectivity index (χ2n) is 6.40. The van der Waals surface area contributed by atoms with Crippen molar-refractivity contribution in [2.24, 2.45) is 5.92 Å². The van der Waals surface area contributed by atoms with Crippen LogP contribution in [-0.4, -0.2) is 47.8 Å². The molecule has 3 heteroatoms. The van der Waals surface area contributed by atoms with Gasteiger partial charge < -0.3 is 15.3 Å². The van der Waals surface area contributed by atoms with Crippen LogP contribution < -0.4 is 5.32 Å². The fourth-order valence-corrected chi connectivity index (χ4v) is 3.53. The van der Waals surface area contributed by atoms with Crippen molar-refractivity contribution in [1.82, 2.24) is 10.2 Å². The van der Waals surface area contributed by atoms with Crippen LogP contribution >= 0.6 is 0 Å². The summed E-state index contributed by atoms with van der Waals surface area (Å²) < 4.78 is 0. The summed E-state index contributed by atoms with van der Waals surface area (Å²) in [6.45, 7) is 7.40. The molecule has 2 atom stereocenters. The lowest BCUT2D eigenvalue weighted by molar-refractivity contribution is 0.118. The Kier molecular flexibility index (Phi) is 5.46. The van der Waals surface area contributed by atoms with Gasteiger partial charge in [0.2, 0.25) is 0 Å². The normalized spacial score (nSPS) is 32.0. The van der Waals surface area contributed by atoms with Crippen molar-refractivity contribution in [3.63, 3.8) is 0 Å². The minimum atomic E-state index is 0.364. The zero-order chi connectivity index (χ0) is 13.0. The van der Waals surface area contributed by atoms with Gasteiger partial charge in [0, 0.05) is 24.7 Å². The van der Waals surface area contributed by atoms with E-state index >= 15 is 0 Å². The molecule has 0 aromatic heterocycles. The van der Waals surface area contributed by atoms with Crippen molar-refractivity contribution < 1.29 is 5.11 Å². The zero-order valence-corrected chi connectivity index (χ0v) is 12.1. The number of aliphatic hydroxyl groups excluding tert-OH is 1. The van der Waals surface area contributed by atoms with E-state index in [1.807, 2.05) is 0 Å². The van der Waals surface area contributed by atoms with Gasteiger partial charge in [-0.15, -0.1) is 0 Å². The van der Waals surface area contributed by atoms with E-state index in [-0.39, 0.29) is 0 Å². The Morgan fingerprint density at radius 3 is 2.39 bits per heavy atom. The predicted molar refractivity (Wildman–Crippen MR) is 75.7 cm³/mol. The van der Waals surface area contributed by atoms with Gasteiger partial charge in [0.05, 0.1) is 0 Å². The van der Waals surface area contributed by atoms with Crippen molar-refractivity contribution in [1.29, 1.82) is 0 Å². The summed E-state index contributed by atoms with van der Waals surface area (Å²) in [4.78, 5) is 2.57. The first-order valence-electron chi connectivity index (χ1n) is 7.81. The van der Waals surface area contributed by atoms with Crippen molar-refractivity contribution in [2.75, 3.05) is 19.7 Å². The van der Waals surface area contributed by atoms with Crippen LogP contribution in [0.2, 0.25) is 0 Å². The maximum absolute atomic E-state index is 9.46. The van der Waals surface area contributed by atoms with Gasteiger partial charge in [-0.05, 0) is 58.5 Å². The Balaban J connectivity index is 1.76. The van der Waals surface area contributed by atoms with Crippen LogP contribution in [0.15, 0.2) is 0 Å². The lowest BCUT2D eigenvalue weighted by Gasteiger charge is -2.39. The molecule has 0 spiro atoms. The molecule has 1 heterocycles. The molecular formula is C15H30N2O. The molecule has 2 rings (SSSR count). The molecule has 2 unspecified atom stereocenters. The lowest BCUT2D eigenvalue weighted by atomic mass is 9.84. The first-order valence-corrected chi connectivity index (χ1v) is 7.81. The Morgan fingerprint density at radius 1 is 1.11 bits per heavy atom. The molecule has 1 aliphatic carbocycles. The maximum atomic E-state index is 9.46. The van der Waals surface area contributed by atoms with Gasteiger partial charge in [-0.1, -0.05) is 12.8 Å². The van der Waals surface area contributed by atoms with Crippen LogP contribution in [0.4, 0.5) is 0 Å². The summed E-state index contributed by atoms with van der Waals surface area (Å²) in [6, 6.07) is 1.93. The molecule has 1 saturated heterocycles. The molecule has 0 aromatic carbocycles. The van der Waals surface area contributed by atoms with E-state index in [1.54, 1.807) is 0 Å². The van der Waals surface area contributed by atoms with E-state index in [0.717, 1.165) is 0 Å². The third kappa shape index (κ3) is 3.69. The summed E-state index contributed by atoms with van der Waals surface area (Å²) in [5.74, 6) is 0.502. The molecule has 106 valence electrons. The van der Waals surface area contributed by atoms with Crippen LogP contribution in [0.1, 0.15) is 52.4 Å². The zero-order valence-electron chi connectivity index (χ0n) is 12.1. The lowest BCUT2D eigenvalue weighted by Crippen LogP contribution is -2.50. The molecule has 0 radical (unpaired) electrons. The Hall–Kier alpha value is -0.120. The quantitative estimate of drug-likeness (QED) is 0.805. The molecule has 2 fully saturated rings. The number of likely N-dealkylation sites (tertiary alicyclic amines) is 1. The van der Waals surface area contributed by atoms with Crippen LogP contribution in [0, 0.1) is 5.92 Å². The molecule has 2 N–H and O–H groups in total. The smallest absolute Gasteiger partial charge is 0.0474 e. The van der Waals surface area contributed by atoms with Gasteiger partial charge in [0.1, 0.15) is 0 Å². The monoisotopic (exact) mass is 254 g/mol. The van der Waals surface area contributed by atoms with Crippen molar-refractivity contribution in [3.05, 3.63) is 0 Å². The largest absolute Gasteiger partial charge is 0.396 e. The van der Waals surface area contributed by atoms with Crippen LogP contribution in [0.3, 0.4) is 0 Å². The highest BCUT2D eigenvalue weighted by Crippen LogP contribution is 2.25.